The maximum atomic E-state index is 6.21. The van der Waals surface area contributed by atoms with E-state index in [2.05, 4.69) is 57.2 Å². The second kappa shape index (κ2) is 7.23. The Bertz CT molecular complexity index is 614. The second-order valence-corrected chi connectivity index (χ2v) is 6.35. The highest BCUT2D eigenvalue weighted by molar-refractivity contribution is 9.10. The molecule has 5 heteroatoms. The van der Waals surface area contributed by atoms with Crippen molar-refractivity contribution in [2.24, 2.45) is 0 Å². The number of aromatic nitrogens is 2. The number of nitrogens with one attached hydrogen (secondary N) is 1. The third kappa shape index (κ3) is 4.17. The van der Waals surface area contributed by atoms with Gasteiger partial charge in [0.15, 0.2) is 0 Å². The fourth-order valence-electron chi connectivity index (χ4n) is 2.05. The Morgan fingerprint density at radius 2 is 1.90 bits per heavy atom. The lowest BCUT2D eigenvalue weighted by molar-refractivity contribution is 0.814. The van der Waals surface area contributed by atoms with Crippen LogP contribution in [0.15, 0.2) is 28.7 Å². The quantitative estimate of drug-likeness (QED) is 0.725. The maximum Gasteiger partial charge on any atom is 0.137 e. The van der Waals surface area contributed by atoms with Crippen LogP contribution < -0.4 is 5.32 Å². The van der Waals surface area contributed by atoms with Gasteiger partial charge in [-0.15, -0.1) is 0 Å². The standard InChI is InChI=1S/C16H19BrClN3/c1-4-5-14-20-15(18)10(2)16(21-14)19-11(3)12-6-8-13(17)9-7-12/h6-9,11H,4-5H2,1-3H3,(H,19,20,21). The molecule has 0 aliphatic heterocycles. The van der Waals surface area contributed by atoms with Gasteiger partial charge in [0, 0.05) is 22.5 Å². The summed E-state index contributed by atoms with van der Waals surface area (Å²) in [5.74, 6) is 1.60. The van der Waals surface area contributed by atoms with Crippen molar-refractivity contribution < 1.29 is 0 Å². The molecule has 3 nitrogen and oxygen atoms in total. The number of benzene rings is 1. The van der Waals surface area contributed by atoms with E-state index >= 15 is 0 Å². The Kier molecular flexibility index (Phi) is 5.59. The third-order valence-electron chi connectivity index (χ3n) is 3.33. The topological polar surface area (TPSA) is 37.8 Å². The normalized spacial score (nSPS) is 12.2. The van der Waals surface area contributed by atoms with Crippen LogP contribution in [0.5, 0.6) is 0 Å². The predicted molar refractivity (Wildman–Crippen MR) is 92.0 cm³/mol. The second-order valence-electron chi connectivity index (χ2n) is 5.07. The molecule has 1 aromatic heterocycles. The van der Waals surface area contributed by atoms with E-state index in [9.17, 15) is 0 Å². The van der Waals surface area contributed by atoms with E-state index in [0.717, 1.165) is 34.5 Å². The number of hydrogen-bond donors (Lipinski definition) is 1. The lowest BCUT2D eigenvalue weighted by Crippen LogP contribution is -2.11. The minimum atomic E-state index is 0.150. The highest BCUT2D eigenvalue weighted by Crippen LogP contribution is 2.25. The Hall–Kier alpha value is -1.13. The molecule has 1 unspecified atom stereocenters. The number of rotatable bonds is 5. The molecule has 1 aromatic carbocycles. The molecular weight excluding hydrogens is 350 g/mol. The van der Waals surface area contributed by atoms with Crippen molar-refractivity contribution >= 4 is 33.3 Å². The van der Waals surface area contributed by atoms with Crippen LogP contribution >= 0.6 is 27.5 Å². The minimum Gasteiger partial charge on any atom is -0.363 e. The van der Waals surface area contributed by atoms with E-state index in [-0.39, 0.29) is 6.04 Å². The largest absolute Gasteiger partial charge is 0.363 e. The Morgan fingerprint density at radius 1 is 1.24 bits per heavy atom. The average molecular weight is 369 g/mol. The van der Waals surface area contributed by atoms with Crippen molar-refractivity contribution in [3.05, 3.63) is 50.8 Å². The zero-order valence-corrected chi connectivity index (χ0v) is 14.8. The molecule has 0 saturated carbocycles. The summed E-state index contributed by atoms with van der Waals surface area (Å²) in [6, 6.07) is 8.41. The molecule has 1 N–H and O–H groups in total. The smallest absolute Gasteiger partial charge is 0.137 e. The van der Waals surface area contributed by atoms with Gasteiger partial charge in [-0.3, -0.25) is 0 Å². The number of halogens is 2. The zero-order valence-electron chi connectivity index (χ0n) is 12.5. The van der Waals surface area contributed by atoms with Gasteiger partial charge in [0.1, 0.15) is 16.8 Å². The number of anilines is 1. The van der Waals surface area contributed by atoms with Crippen LogP contribution in [0.1, 0.15) is 43.3 Å². The van der Waals surface area contributed by atoms with Gasteiger partial charge in [0.25, 0.3) is 0 Å². The van der Waals surface area contributed by atoms with Crippen molar-refractivity contribution in [2.45, 2.75) is 39.7 Å². The molecule has 112 valence electrons. The van der Waals surface area contributed by atoms with Gasteiger partial charge in [-0.05, 0) is 38.0 Å². The SMILES string of the molecule is CCCc1nc(Cl)c(C)c(NC(C)c2ccc(Br)cc2)n1. The molecule has 0 aliphatic rings. The van der Waals surface area contributed by atoms with Crippen LogP contribution in [0.4, 0.5) is 5.82 Å². The molecule has 0 radical (unpaired) electrons. The minimum absolute atomic E-state index is 0.150. The van der Waals surface area contributed by atoms with E-state index in [1.807, 2.05) is 19.1 Å². The monoisotopic (exact) mass is 367 g/mol. The molecule has 0 spiro atoms. The van der Waals surface area contributed by atoms with Crippen molar-refractivity contribution in [1.82, 2.24) is 9.97 Å². The summed E-state index contributed by atoms with van der Waals surface area (Å²) in [6.07, 6.45) is 1.84. The predicted octanol–water partition coefficient (Wildman–Crippen LogP) is 5.33. The Morgan fingerprint density at radius 3 is 2.52 bits per heavy atom. The van der Waals surface area contributed by atoms with E-state index < -0.39 is 0 Å². The highest BCUT2D eigenvalue weighted by atomic mass is 79.9. The average Bonchev–Trinajstić information content (AvgIpc) is 2.45. The Balaban J connectivity index is 2.23. The molecule has 21 heavy (non-hydrogen) atoms. The van der Waals surface area contributed by atoms with E-state index in [1.54, 1.807) is 0 Å². The van der Waals surface area contributed by atoms with Gasteiger partial charge in [-0.1, -0.05) is 46.6 Å². The van der Waals surface area contributed by atoms with Crippen molar-refractivity contribution in [3.8, 4) is 0 Å². The Labute approximate surface area is 139 Å². The summed E-state index contributed by atoms with van der Waals surface area (Å²) in [5.41, 5.74) is 2.09. The van der Waals surface area contributed by atoms with Gasteiger partial charge in [-0.25, -0.2) is 9.97 Å². The molecule has 0 saturated heterocycles. The zero-order chi connectivity index (χ0) is 15.4. The molecular formula is C16H19BrClN3. The third-order valence-corrected chi connectivity index (χ3v) is 4.23. The van der Waals surface area contributed by atoms with Gasteiger partial charge >= 0.3 is 0 Å². The van der Waals surface area contributed by atoms with Crippen molar-refractivity contribution in [2.75, 3.05) is 5.32 Å². The molecule has 0 amide bonds. The number of aryl methyl sites for hydroxylation is 1. The summed E-state index contributed by atoms with van der Waals surface area (Å²) < 4.78 is 1.07. The fraction of sp³-hybridized carbons (Fsp3) is 0.375. The van der Waals surface area contributed by atoms with Gasteiger partial charge < -0.3 is 5.32 Å². The molecule has 1 atom stereocenters. The first-order chi connectivity index (χ1) is 10.0. The van der Waals surface area contributed by atoms with Crippen molar-refractivity contribution in [3.63, 3.8) is 0 Å². The first-order valence-electron chi connectivity index (χ1n) is 7.06. The van der Waals surface area contributed by atoms with Crippen molar-refractivity contribution in [1.29, 1.82) is 0 Å². The summed E-state index contributed by atoms with van der Waals surface area (Å²) in [7, 11) is 0. The summed E-state index contributed by atoms with van der Waals surface area (Å²) in [5, 5.41) is 3.96. The van der Waals surface area contributed by atoms with Crippen LogP contribution in [-0.2, 0) is 6.42 Å². The molecule has 1 heterocycles. The van der Waals surface area contributed by atoms with Crippen LogP contribution in [0, 0.1) is 6.92 Å². The number of nitrogens with zero attached hydrogens (tertiary/aromatic N) is 2. The molecule has 0 fully saturated rings. The molecule has 2 aromatic rings. The van der Waals surface area contributed by atoms with Gasteiger partial charge in [-0.2, -0.15) is 0 Å². The van der Waals surface area contributed by atoms with Gasteiger partial charge in [0.2, 0.25) is 0 Å². The van der Waals surface area contributed by atoms with Crippen LogP contribution in [-0.4, -0.2) is 9.97 Å². The summed E-state index contributed by atoms with van der Waals surface area (Å²) in [4.78, 5) is 8.91. The molecule has 0 bridgehead atoms. The van der Waals surface area contributed by atoms with E-state index in [0.29, 0.717) is 5.15 Å². The van der Waals surface area contributed by atoms with E-state index in [1.165, 1.54) is 5.56 Å². The van der Waals surface area contributed by atoms with Crippen LogP contribution in [0.25, 0.3) is 0 Å². The summed E-state index contributed by atoms with van der Waals surface area (Å²) in [6.45, 7) is 6.15. The molecule has 2 rings (SSSR count). The maximum absolute atomic E-state index is 6.21. The first-order valence-corrected chi connectivity index (χ1v) is 8.23. The lowest BCUT2D eigenvalue weighted by Gasteiger charge is -2.17. The van der Waals surface area contributed by atoms with E-state index in [4.69, 9.17) is 11.6 Å². The molecule has 0 aliphatic carbocycles. The van der Waals surface area contributed by atoms with Crippen LogP contribution in [0.2, 0.25) is 5.15 Å². The first kappa shape index (κ1) is 16.2. The fourth-order valence-corrected chi connectivity index (χ4v) is 2.50. The number of hydrogen-bond acceptors (Lipinski definition) is 3. The lowest BCUT2D eigenvalue weighted by atomic mass is 10.1. The summed E-state index contributed by atoms with van der Waals surface area (Å²) >= 11 is 9.66. The highest BCUT2D eigenvalue weighted by Gasteiger charge is 2.12. The van der Waals surface area contributed by atoms with Crippen LogP contribution in [0.3, 0.4) is 0 Å². The van der Waals surface area contributed by atoms with Gasteiger partial charge in [0.05, 0.1) is 0 Å².